The Hall–Kier alpha value is -3.70. The fourth-order valence-electron chi connectivity index (χ4n) is 4.58. The highest BCUT2D eigenvalue weighted by Gasteiger charge is 2.34. The monoisotopic (exact) mass is 627 g/mol. The summed E-state index contributed by atoms with van der Waals surface area (Å²) in [5, 5.41) is 2.89. The minimum atomic E-state index is -4.22. The number of hydrogen-bond acceptors (Lipinski definition) is 7. The summed E-state index contributed by atoms with van der Waals surface area (Å²) in [6.07, 6.45) is 2.98. The molecule has 43 heavy (non-hydrogen) atoms. The fourth-order valence-corrected chi connectivity index (χ4v) is 6.41. The van der Waals surface area contributed by atoms with E-state index in [-0.39, 0.29) is 23.0 Å². The molecule has 0 heterocycles. The van der Waals surface area contributed by atoms with Crippen LogP contribution in [-0.4, -0.2) is 64.2 Å². The van der Waals surface area contributed by atoms with E-state index < -0.39 is 28.5 Å². The van der Waals surface area contributed by atoms with Crippen LogP contribution < -0.4 is 19.1 Å². The van der Waals surface area contributed by atoms with Crippen LogP contribution in [0.4, 0.5) is 5.69 Å². The number of hydrogen-bond donors (Lipinski definition) is 1. The first-order valence-corrected chi connectivity index (χ1v) is 16.9. The van der Waals surface area contributed by atoms with Crippen molar-refractivity contribution in [2.24, 2.45) is 0 Å². The number of benzene rings is 3. The Labute approximate surface area is 259 Å². The summed E-state index contributed by atoms with van der Waals surface area (Å²) in [4.78, 5) is 30.0. The number of para-hydroxylation sites is 2. The van der Waals surface area contributed by atoms with E-state index in [1.165, 1.54) is 28.8 Å². The highest BCUT2D eigenvalue weighted by molar-refractivity contribution is 7.98. The zero-order valence-electron chi connectivity index (χ0n) is 25.4. The molecule has 232 valence electrons. The summed E-state index contributed by atoms with van der Waals surface area (Å²) in [6, 6.07) is 19.7. The molecule has 1 N–H and O–H groups in total. The molecular formula is C32H41N3O6S2. The Morgan fingerprint density at radius 2 is 1.70 bits per heavy atom. The molecule has 0 saturated heterocycles. The summed E-state index contributed by atoms with van der Waals surface area (Å²) in [5.74, 6) is 0.111. The standard InChI is InChI=1S/C32H41N3O6S2/c1-6-20-33-32(37)28(7-2)34(22-24-12-11-13-25(21-24)40-4)31(36)23-35(29-14-9-10-15-30(29)41-8-3)43(38,39)27-18-16-26(42-5)17-19-27/h9-19,21,28H,6-8,20,22-23H2,1-5H3,(H,33,37)/t28-/m1/s1. The average molecular weight is 628 g/mol. The van der Waals surface area contributed by atoms with Crippen LogP contribution in [0.3, 0.4) is 0 Å². The molecule has 11 heteroatoms. The Bertz CT molecular complexity index is 1460. The van der Waals surface area contributed by atoms with Gasteiger partial charge in [-0.25, -0.2) is 8.42 Å². The molecule has 0 aromatic heterocycles. The van der Waals surface area contributed by atoms with Crippen molar-refractivity contribution in [1.82, 2.24) is 10.2 Å². The number of amides is 2. The van der Waals surface area contributed by atoms with Crippen LogP contribution >= 0.6 is 11.8 Å². The number of carbonyl (C=O) groups excluding carboxylic acids is 2. The lowest BCUT2D eigenvalue weighted by atomic mass is 10.1. The maximum atomic E-state index is 14.3. The van der Waals surface area contributed by atoms with E-state index in [1.54, 1.807) is 62.6 Å². The summed E-state index contributed by atoms with van der Waals surface area (Å²) in [6.45, 7) is 5.89. The number of ether oxygens (including phenoxy) is 2. The minimum Gasteiger partial charge on any atom is -0.497 e. The van der Waals surface area contributed by atoms with Crippen molar-refractivity contribution >= 4 is 39.3 Å². The van der Waals surface area contributed by atoms with Crippen LogP contribution in [0.25, 0.3) is 0 Å². The van der Waals surface area contributed by atoms with E-state index in [4.69, 9.17) is 9.47 Å². The van der Waals surface area contributed by atoms with Crippen LogP contribution in [0.15, 0.2) is 82.6 Å². The molecule has 0 radical (unpaired) electrons. The van der Waals surface area contributed by atoms with Gasteiger partial charge in [-0.3, -0.25) is 13.9 Å². The van der Waals surface area contributed by atoms with Crippen LogP contribution in [0.5, 0.6) is 11.5 Å². The van der Waals surface area contributed by atoms with Crippen molar-refractivity contribution in [2.75, 3.05) is 37.4 Å². The smallest absolute Gasteiger partial charge is 0.264 e. The number of methoxy groups -OCH3 is 1. The molecule has 2 amide bonds. The minimum absolute atomic E-state index is 0.0384. The van der Waals surface area contributed by atoms with E-state index in [2.05, 4.69) is 5.32 Å². The predicted molar refractivity (Wildman–Crippen MR) is 171 cm³/mol. The lowest BCUT2D eigenvalue weighted by Gasteiger charge is -2.33. The van der Waals surface area contributed by atoms with E-state index in [9.17, 15) is 18.0 Å². The summed E-state index contributed by atoms with van der Waals surface area (Å²) in [7, 11) is -2.67. The number of nitrogens with zero attached hydrogens (tertiary/aromatic N) is 2. The van der Waals surface area contributed by atoms with Crippen LogP contribution in [0.2, 0.25) is 0 Å². The zero-order valence-corrected chi connectivity index (χ0v) is 27.0. The molecule has 0 spiro atoms. The Morgan fingerprint density at radius 3 is 2.33 bits per heavy atom. The van der Waals surface area contributed by atoms with Crippen molar-refractivity contribution in [3.8, 4) is 11.5 Å². The molecule has 0 saturated carbocycles. The molecule has 0 aliphatic carbocycles. The number of anilines is 1. The number of nitrogens with one attached hydrogen (secondary N) is 1. The highest BCUT2D eigenvalue weighted by atomic mass is 32.2. The van der Waals surface area contributed by atoms with Crippen molar-refractivity contribution < 1.29 is 27.5 Å². The van der Waals surface area contributed by atoms with Gasteiger partial charge in [0.05, 0.1) is 24.3 Å². The van der Waals surface area contributed by atoms with Crippen molar-refractivity contribution in [2.45, 2.75) is 56.0 Å². The van der Waals surface area contributed by atoms with Crippen molar-refractivity contribution in [3.63, 3.8) is 0 Å². The van der Waals surface area contributed by atoms with Gasteiger partial charge in [-0.05, 0) is 80.1 Å². The second-order valence-electron chi connectivity index (χ2n) is 9.68. The van der Waals surface area contributed by atoms with E-state index in [1.807, 2.05) is 32.2 Å². The number of rotatable bonds is 16. The Kier molecular flexibility index (Phi) is 12.8. The van der Waals surface area contributed by atoms with Crippen LogP contribution in [0.1, 0.15) is 39.2 Å². The first-order chi connectivity index (χ1) is 20.7. The largest absolute Gasteiger partial charge is 0.497 e. The number of carbonyl (C=O) groups is 2. The van der Waals surface area contributed by atoms with Gasteiger partial charge in [0.25, 0.3) is 10.0 Å². The molecule has 0 bridgehead atoms. The van der Waals surface area contributed by atoms with E-state index in [0.29, 0.717) is 31.1 Å². The van der Waals surface area contributed by atoms with Gasteiger partial charge in [0.2, 0.25) is 11.8 Å². The molecule has 9 nitrogen and oxygen atoms in total. The summed E-state index contributed by atoms with van der Waals surface area (Å²) >= 11 is 1.50. The highest BCUT2D eigenvalue weighted by Crippen LogP contribution is 2.33. The third-order valence-electron chi connectivity index (χ3n) is 6.78. The molecule has 3 rings (SSSR count). The van der Waals surface area contributed by atoms with Crippen molar-refractivity contribution in [1.29, 1.82) is 0 Å². The first-order valence-electron chi connectivity index (χ1n) is 14.3. The van der Waals surface area contributed by atoms with Gasteiger partial charge in [-0.1, -0.05) is 38.1 Å². The third kappa shape index (κ3) is 8.67. The fraction of sp³-hybridized carbons (Fsp3) is 0.375. The van der Waals surface area contributed by atoms with Gasteiger partial charge in [-0.15, -0.1) is 11.8 Å². The molecular weight excluding hydrogens is 587 g/mol. The zero-order chi connectivity index (χ0) is 31.4. The first kappa shape index (κ1) is 33.8. The van der Waals surface area contributed by atoms with Gasteiger partial charge in [0.1, 0.15) is 24.1 Å². The topological polar surface area (TPSA) is 105 Å². The lowest BCUT2D eigenvalue weighted by Crippen LogP contribution is -2.52. The van der Waals surface area contributed by atoms with Crippen LogP contribution in [-0.2, 0) is 26.2 Å². The molecule has 3 aromatic rings. The Morgan fingerprint density at radius 1 is 0.977 bits per heavy atom. The molecule has 0 unspecified atom stereocenters. The Balaban J connectivity index is 2.11. The molecule has 0 aliphatic rings. The molecule has 3 aromatic carbocycles. The van der Waals surface area contributed by atoms with Gasteiger partial charge in [-0.2, -0.15) is 0 Å². The second-order valence-corrected chi connectivity index (χ2v) is 12.4. The average Bonchev–Trinajstić information content (AvgIpc) is 3.03. The normalized spacial score (nSPS) is 11.8. The van der Waals surface area contributed by atoms with Crippen LogP contribution in [0, 0.1) is 0 Å². The predicted octanol–water partition coefficient (Wildman–Crippen LogP) is 5.34. The van der Waals surface area contributed by atoms with E-state index in [0.717, 1.165) is 21.2 Å². The maximum absolute atomic E-state index is 14.3. The second kappa shape index (κ2) is 16.2. The van der Waals surface area contributed by atoms with Gasteiger partial charge in [0.15, 0.2) is 0 Å². The number of sulfonamides is 1. The molecule has 0 fully saturated rings. The maximum Gasteiger partial charge on any atom is 0.264 e. The van der Waals surface area contributed by atoms with Gasteiger partial charge < -0.3 is 19.7 Å². The summed E-state index contributed by atoms with van der Waals surface area (Å²) < 4.78 is 40.6. The quantitative estimate of drug-likeness (QED) is 0.214. The molecule has 0 aliphatic heterocycles. The lowest BCUT2D eigenvalue weighted by molar-refractivity contribution is -0.140. The van der Waals surface area contributed by atoms with Gasteiger partial charge in [0, 0.05) is 18.0 Å². The van der Waals surface area contributed by atoms with E-state index >= 15 is 0 Å². The SMILES string of the molecule is CCCNC(=O)[C@@H](CC)N(Cc1cccc(OC)c1)C(=O)CN(c1ccccc1OCC)S(=O)(=O)c1ccc(SC)cc1. The van der Waals surface area contributed by atoms with Gasteiger partial charge >= 0.3 is 0 Å². The number of thioether (sulfide) groups is 1. The molecule has 1 atom stereocenters. The van der Waals surface area contributed by atoms with Crippen molar-refractivity contribution in [3.05, 3.63) is 78.4 Å². The summed E-state index contributed by atoms with van der Waals surface area (Å²) in [5.41, 5.74) is 0.975. The third-order valence-corrected chi connectivity index (χ3v) is 9.30.